The number of anilines is 1. The summed E-state index contributed by atoms with van der Waals surface area (Å²) >= 11 is 17.9. The predicted octanol–water partition coefficient (Wildman–Crippen LogP) is 3.49. The van der Waals surface area contributed by atoms with Crippen LogP contribution in [0.15, 0.2) is 47.9 Å². The number of pyridine rings is 1. The first kappa shape index (κ1) is 24.7. The molecule has 2 aromatic rings. The normalized spacial score (nSPS) is 18.3. The molecule has 8 nitrogen and oxygen atoms in total. The number of amides is 1. The maximum absolute atomic E-state index is 12.7. The Morgan fingerprint density at radius 1 is 1.29 bits per heavy atom. The average molecular weight is 523 g/mol. The Morgan fingerprint density at radius 3 is 3.00 bits per heavy atom. The molecule has 0 bridgehead atoms. The molecule has 1 aromatic carbocycles. The van der Waals surface area contributed by atoms with E-state index >= 15 is 0 Å². The summed E-state index contributed by atoms with van der Waals surface area (Å²) in [5.74, 6) is 0.378. The second-order valence-electron chi connectivity index (χ2n) is 7.63. The van der Waals surface area contributed by atoms with Gasteiger partial charge in [0.05, 0.1) is 47.3 Å². The van der Waals surface area contributed by atoms with Crippen LogP contribution in [0.2, 0.25) is 10.0 Å². The predicted molar refractivity (Wildman–Crippen MR) is 134 cm³/mol. The van der Waals surface area contributed by atoms with E-state index in [1.54, 1.807) is 30.6 Å². The third kappa shape index (κ3) is 6.17. The SMILES string of the molecule is O=C1NCCC(NCc2ccncc2OCC2COCCO2)=C1C(=S)Nc1cccc(Cl)c1Cl. The molecule has 2 aliphatic heterocycles. The highest BCUT2D eigenvalue weighted by molar-refractivity contribution is 7.81. The molecule has 1 unspecified atom stereocenters. The van der Waals surface area contributed by atoms with Crippen molar-refractivity contribution in [3.63, 3.8) is 0 Å². The highest BCUT2D eigenvalue weighted by atomic mass is 35.5. The molecule has 1 fully saturated rings. The van der Waals surface area contributed by atoms with Gasteiger partial charge in [-0.25, -0.2) is 0 Å². The molecular weight excluding hydrogens is 499 g/mol. The zero-order chi connectivity index (χ0) is 23.9. The van der Waals surface area contributed by atoms with Gasteiger partial charge in [0.2, 0.25) is 0 Å². The van der Waals surface area contributed by atoms with Crippen LogP contribution in [0.5, 0.6) is 5.75 Å². The van der Waals surface area contributed by atoms with Gasteiger partial charge in [-0.15, -0.1) is 0 Å². The summed E-state index contributed by atoms with van der Waals surface area (Å²) in [5.41, 5.74) is 2.51. The molecule has 2 aliphatic rings. The van der Waals surface area contributed by atoms with Gasteiger partial charge >= 0.3 is 0 Å². The maximum Gasteiger partial charge on any atom is 0.256 e. The third-order valence-electron chi connectivity index (χ3n) is 5.29. The summed E-state index contributed by atoms with van der Waals surface area (Å²) in [6, 6.07) is 7.05. The summed E-state index contributed by atoms with van der Waals surface area (Å²) in [7, 11) is 0. The molecule has 1 atom stereocenters. The quantitative estimate of drug-likeness (QED) is 0.453. The van der Waals surface area contributed by atoms with Crippen LogP contribution in [0, 0.1) is 0 Å². The molecule has 1 amide bonds. The first-order chi connectivity index (χ1) is 16.5. The van der Waals surface area contributed by atoms with Crippen molar-refractivity contribution in [3.8, 4) is 5.75 Å². The molecule has 0 radical (unpaired) electrons. The number of nitrogens with one attached hydrogen (secondary N) is 3. The Balaban J connectivity index is 1.47. The Morgan fingerprint density at radius 2 is 2.18 bits per heavy atom. The molecule has 3 heterocycles. The fourth-order valence-electron chi connectivity index (χ4n) is 3.56. The lowest BCUT2D eigenvalue weighted by molar-refractivity contribution is -0.117. The lowest BCUT2D eigenvalue weighted by Crippen LogP contribution is -2.39. The first-order valence-corrected chi connectivity index (χ1v) is 11.9. The van der Waals surface area contributed by atoms with Crippen LogP contribution < -0.4 is 20.7 Å². The van der Waals surface area contributed by atoms with Gasteiger partial charge in [-0.1, -0.05) is 41.5 Å². The average Bonchev–Trinajstić information content (AvgIpc) is 2.85. The van der Waals surface area contributed by atoms with E-state index in [9.17, 15) is 4.79 Å². The second kappa shape index (κ2) is 11.8. The number of nitrogens with zero attached hydrogens (tertiary/aromatic N) is 1. The van der Waals surface area contributed by atoms with E-state index < -0.39 is 0 Å². The number of ether oxygens (including phenoxy) is 3. The Hall–Kier alpha value is -2.43. The van der Waals surface area contributed by atoms with Crippen LogP contribution in [0.4, 0.5) is 5.69 Å². The van der Waals surface area contributed by atoms with E-state index in [0.29, 0.717) is 73.0 Å². The Kier molecular flexibility index (Phi) is 8.58. The van der Waals surface area contributed by atoms with Gasteiger partial charge in [-0.05, 0) is 18.2 Å². The van der Waals surface area contributed by atoms with Crippen molar-refractivity contribution in [2.45, 2.75) is 19.1 Å². The number of hydrogen-bond acceptors (Lipinski definition) is 7. The van der Waals surface area contributed by atoms with Crippen molar-refractivity contribution in [2.75, 3.05) is 38.3 Å². The van der Waals surface area contributed by atoms with Gasteiger partial charge in [-0.2, -0.15) is 0 Å². The van der Waals surface area contributed by atoms with Crippen LogP contribution in [0.3, 0.4) is 0 Å². The molecule has 4 rings (SSSR count). The van der Waals surface area contributed by atoms with Gasteiger partial charge in [0.15, 0.2) is 0 Å². The lowest BCUT2D eigenvalue weighted by Gasteiger charge is -2.24. The molecule has 34 heavy (non-hydrogen) atoms. The summed E-state index contributed by atoms with van der Waals surface area (Å²) in [6.45, 7) is 2.95. The van der Waals surface area contributed by atoms with Gasteiger partial charge in [0.25, 0.3) is 5.91 Å². The fourth-order valence-corrected chi connectivity index (χ4v) is 4.23. The van der Waals surface area contributed by atoms with Crippen molar-refractivity contribution in [1.82, 2.24) is 15.6 Å². The van der Waals surface area contributed by atoms with Crippen molar-refractivity contribution in [3.05, 3.63) is 63.5 Å². The Labute approximate surface area is 213 Å². The molecule has 0 spiro atoms. The van der Waals surface area contributed by atoms with Crippen molar-refractivity contribution in [1.29, 1.82) is 0 Å². The zero-order valence-electron chi connectivity index (χ0n) is 18.2. The van der Waals surface area contributed by atoms with Gasteiger partial charge in [0, 0.05) is 37.0 Å². The molecule has 1 saturated heterocycles. The summed E-state index contributed by atoms with van der Waals surface area (Å²) < 4.78 is 17.0. The summed E-state index contributed by atoms with van der Waals surface area (Å²) in [5, 5.41) is 9.97. The monoisotopic (exact) mass is 522 g/mol. The molecule has 3 N–H and O–H groups in total. The van der Waals surface area contributed by atoms with Crippen molar-refractivity contribution < 1.29 is 19.0 Å². The number of carbonyl (C=O) groups excluding carboxylic acids is 1. The minimum Gasteiger partial charge on any atom is -0.489 e. The second-order valence-corrected chi connectivity index (χ2v) is 8.82. The van der Waals surface area contributed by atoms with Crippen molar-refractivity contribution in [2.24, 2.45) is 0 Å². The van der Waals surface area contributed by atoms with Crippen molar-refractivity contribution >= 4 is 52.0 Å². The van der Waals surface area contributed by atoms with E-state index in [0.717, 1.165) is 11.3 Å². The molecule has 11 heteroatoms. The van der Waals surface area contributed by atoms with E-state index in [1.807, 2.05) is 6.07 Å². The lowest BCUT2D eigenvalue weighted by atomic mass is 10.1. The first-order valence-electron chi connectivity index (χ1n) is 10.8. The van der Waals surface area contributed by atoms with Crippen LogP contribution in [-0.4, -0.2) is 55.0 Å². The molecular formula is C23H24Cl2N4O4S. The van der Waals surface area contributed by atoms with E-state index in [-0.39, 0.29) is 17.0 Å². The number of rotatable bonds is 8. The van der Waals surface area contributed by atoms with Crippen LogP contribution in [-0.2, 0) is 20.8 Å². The van der Waals surface area contributed by atoms with E-state index in [1.165, 1.54) is 0 Å². The highest BCUT2D eigenvalue weighted by Crippen LogP contribution is 2.30. The van der Waals surface area contributed by atoms with Crippen LogP contribution >= 0.6 is 35.4 Å². The van der Waals surface area contributed by atoms with Crippen LogP contribution in [0.1, 0.15) is 12.0 Å². The highest BCUT2D eigenvalue weighted by Gasteiger charge is 2.25. The Bertz CT molecular complexity index is 1090. The summed E-state index contributed by atoms with van der Waals surface area (Å²) in [6.07, 6.45) is 3.84. The number of thiocarbonyl (C=S) groups is 1. The van der Waals surface area contributed by atoms with Gasteiger partial charge in [-0.3, -0.25) is 9.78 Å². The summed E-state index contributed by atoms with van der Waals surface area (Å²) in [4.78, 5) is 17.1. The molecule has 0 saturated carbocycles. The number of carbonyl (C=O) groups is 1. The number of aromatic nitrogens is 1. The van der Waals surface area contributed by atoms with Gasteiger partial charge in [0.1, 0.15) is 23.4 Å². The molecule has 180 valence electrons. The van der Waals surface area contributed by atoms with E-state index in [4.69, 9.17) is 49.6 Å². The number of benzene rings is 1. The minimum atomic E-state index is -0.259. The fraction of sp³-hybridized carbons (Fsp3) is 0.348. The minimum absolute atomic E-state index is 0.118. The maximum atomic E-state index is 12.7. The number of halogens is 2. The van der Waals surface area contributed by atoms with Crippen LogP contribution in [0.25, 0.3) is 0 Å². The largest absolute Gasteiger partial charge is 0.489 e. The van der Waals surface area contributed by atoms with Gasteiger partial charge < -0.3 is 30.2 Å². The smallest absolute Gasteiger partial charge is 0.256 e. The molecule has 0 aliphatic carbocycles. The standard InChI is InChI=1S/C23H24Cl2N4O4S/c24-16-2-1-3-18(21(16)25)29-23(34)20-17(5-7-27-22(20)30)28-10-14-4-6-26-11-19(14)33-13-15-12-31-8-9-32-15/h1-4,6,11,15,28H,5,7-10,12-13H2,(H,27,30)(H,29,34). The zero-order valence-corrected chi connectivity index (χ0v) is 20.6. The van der Waals surface area contributed by atoms with E-state index in [2.05, 4.69) is 20.9 Å². The third-order valence-corrected chi connectivity index (χ3v) is 6.41. The topological polar surface area (TPSA) is 93.7 Å². The molecule has 1 aromatic heterocycles. The number of hydrogen-bond donors (Lipinski definition) is 3.